The van der Waals surface area contributed by atoms with Crippen LogP contribution in [0.1, 0.15) is 92.4 Å². The van der Waals surface area contributed by atoms with Crippen molar-refractivity contribution in [2.75, 3.05) is 20.1 Å². The Morgan fingerprint density at radius 2 is 1.61 bits per heavy atom. The van der Waals surface area contributed by atoms with E-state index in [0.29, 0.717) is 25.8 Å². The van der Waals surface area contributed by atoms with Gasteiger partial charge >= 0.3 is 6.03 Å². The molecule has 0 aromatic heterocycles. The molecule has 0 spiro atoms. The third-order valence-corrected chi connectivity index (χ3v) is 13.8. The number of hydrogen-bond acceptors (Lipinski definition) is 7. The fraction of sp³-hybridized carbons (Fsp3) is 0.703. The predicted octanol–water partition coefficient (Wildman–Crippen LogP) is 2.94. The average Bonchev–Trinajstić information content (AvgIpc) is 3.35. The zero-order chi connectivity index (χ0) is 37.5. The van der Waals surface area contributed by atoms with Crippen LogP contribution in [0.25, 0.3) is 0 Å². The third kappa shape index (κ3) is 8.11. The summed E-state index contributed by atoms with van der Waals surface area (Å²) < 4.78 is 28.1. The van der Waals surface area contributed by atoms with Gasteiger partial charge in [-0.15, -0.1) is 0 Å². The molecule has 14 heteroatoms. The van der Waals surface area contributed by atoms with Gasteiger partial charge in [0, 0.05) is 20.1 Å². The molecule has 51 heavy (non-hydrogen) atoms. The number of nitrogens with one attached hydrogen (secondary N) is 3. The summed E-state index contributed by atoms with van der Waals surface area (Å²) in [5, 5.41) is 8.81. The molecule has 5 rings (SSSR count). The molecule has 282 valence electrons. The minimum Gasteiger partial charge on any atom is -0.363 e. The lowest BCUT2D eigenvalue weighted by molar-refractivity contribution is -0.145. The van der Waals surface area contributed by atoms with E-state index in [4.69, 9.17) is 5.73 Å². The van der Waals surface area contributed by atoms with Crippen LogP contribution >= 0.6 is 0 Å². The quantitative estimate of drug-likeness (QED) is 0.225. The summed E-state index contributed by atoms with van der Waals surface area (Å²) in [6.07, 6.45) is 6.89. The molecule has 4 aliphatic rings. The number of Topliss-reactive ketones (excluding diaryl/α,β-unsaturated/α-hetero) is 1. The van der Waals surface area contributed by atoms with Crippen LogP contribution in [0.5, 0.6) is 0 Å². The molecule has 1 aliphatic heterocycles. The van der Waals surface area contributed by atoms with Crippen molar-refractivity contribution < 1.29 is 32.4 Å². The van der Waals surface area contributed by atoms with Gasteiger partial charge < -0.3 is 26.6 Å². The Hall–Kier alpha value is -3.52. The van der Waals surface area contributed by atoms with Gasteiger partial charge in [0.2, 0.25) is 27.6 Å². The molecule has 3 saturated carbocycles. The van der Waals surface area contributed by atoms with Crippen molar-refractivity contribution in [1.29, 1.82) is 0 Å². The molecule has 1 unspecified atom stereocenters. The number of fused-ring (bicyclic) bond motifs is 1. The maximum atomic E-state index is 14.5. The van der Waals surface area contributed by atoms with Crippen LogP contribution in [0.4, 0.5) is 4.79 Å². The van der Waals surface area contributed by atoms with E-state index in [1.807, 2.05) is 20.8 Å². The molecule has 5 N–H and O–H groups in total. The second-order valence-electron chi connectivity index (χ2n) is 17.0. The number of benzene rings is 1. The Kier molecular flexibility index (Phi) is 11.0. The fourth-order valence-electron chi connectivity index (χ4n) is 8.59. The Bertz CT molecular complexity index is 1610. The third-order valence-electron chi connectivity index (χ3n) is 12.0. The lowest BCUT2D eigenvalue weighted by Gasteiger charge is -2.42. The number of primary amides is 1. The number of nitrogens with zero attached hydrogens (tertiary/aromatic N) is 2. The Labute approximate surface area is 302 Å². The number of piperidine rings is 1. The number of nitrogens with two attached hydrogens (primary N) is 1. The SMILES string of the molecule is CN(CC1(NC(=O)N[C@H](C(=O)N2C[C@H]3[C@@H]([C@H]2C(=O)NC(CC2CCC2)C(=O)C(N)=O)C3(C)C)C(C)(C)C)CCCCC1)S(=O)(=O)c1ccccc1. The summed E-state index contributed by atoms with van der Waals surface area (Å²) in [5.41, 5.74) is 3.53. The van der Waals surface area contributed by atoms with Crippen LogP contribution < -0.4 is 21.7 Å². The number of carbonyl (C=O) groups excluding carboxylic acids is 5. The summed E-state index contributed by atoms with van der Waals surface area (Å²) in [6.45, 7) is 9.98. The highest BCUT2D eigenvalue weighted by molar-refractivity contribution is 7.89. The van der Waals surface area contributed by atoms with E-state index in [1.165, 1.54) is 16.3 Å². The number of urea groups is 1. The first-order valence-corrected chi connectivity index (χ1v) is 19.8. The molecule has 13 nitrogen and oxygen atoms in total. The molecule has 0 radical (unpaired) electrons. The van der Waals surface area contributed by atoms with Crippen molar-refractivity contribution in [2.45, 2.75) is 121 Å². The van der Waals surface area contributed by atoms with Crippen LogP contribution in [0.3, 0.4) is 0 Å². The number of likely N-dealkylation sites (N-methyl/N-ethyl adjacent to an activating group) is 1. The monoisotopic (exact) mass is 728 g/mol. The van der Waals surface area contributed by atoms with Crippen LogP contribution in [0, 0.1) is 28.6 Å². The summed E-state index contributed by atoms with van der Waals surface area (Å²) in [6, 6.07) is 4.60. The van der Waals surface area contributed by atoms with Gasteiger partial charge in [-0.25, -0.2) is 13.2 Å². The van der Waals surface area contributed by atoms with Crippen molar-refractivity contribution in [3.8, 4) is 0 Å². The highest BCUT2D eigenvalue weighted by atomic mass is 32.2. The number of amides is 5. The first kappa shape index (κ1) is 38.7. The maximum Gasteiger partial charge on any atom is 0.315 e. The number of rotatable bonds is 13. The zero-order valence-electron chi connectivity index (χ0n) is 30.9. The summed E-state index contributed by atoms with van der Waals surface area (Å²) in [4.78, 5) is 68.8. The number of hydrogen-bond donors (Lipinski definition) is 4. The van der Waals surface area contributed by atoms with E-state index in [1.54, 1.807) is 30.3 Å². The van der Waals surface area contributed by atoms with Gasteiger partial charge in [-0.3, -0.25) is 19.2 Å². The van der Waals surface area contributed by atoms with Gasteiger partial charge in [0.05, 0.1) is 16.5 Å². The van der Waals surface area contributed by atoms with Crippen LogP contribution in [0.2, 0.25) is 0 Å². The highest BCUT2D eigenvalue weighted by Gasteiger charge is 2.70. The average molecular weight is 729 g/mol. The normalized spacial score (nSPS) is 25.2. The Morgan fingerprint density at radius 1 is 0.980 bits per heavy atom. The van der Waals surface area contributed by atoms with E-state index >= 15 is 0 Å². The molecule has 1 aromatic carbocycles. The Balaban J connectivity index is 1.34. The predicted molar refractivity (Wildman–Crippen MR) is 191 cm³/mol. The Morgan fingerprint density at radius 3 is 2.16 bits per heavy atom. The van der Waals surface area contributed by atoms with Gasteiger partial charge in [0.1, 0.15) is 12.1 Å². The van der Waals surface area contributed by atoms with Crippen LogP contribution in [-0.2, 0) is 29.2 Å². The molecular formula is C37H56N6O7S. The minimum absolute atomic E-state index is 0.0520. The van der Waals surface area contributed by atoms with Gasteiger partial charge in [-0.2, -0.15) is 4.31 Å². The van der Waals surface area contributed by atoms with E-state index in [9.17, 15) is 32.4 Å². The number of ketones is 1. The van der Waals surface area contributed by atoms with E-state index < -0.39 is 68.6 Å². The van der Waals surface area contributed by atoms with Gasteiger partial charge in [0.15, 0.2) is 0 Å². The van der Waals surface area contributed by atoms with E-state index in [-0.39, 0.29) is 34.6 Å². The fourth-order valence-corrected chi connectivity index (χ4v) is 9.87. The molecule has 1 saturated heterocycles. The summed E-state index contributed by atoms with van der Waals surface area (Å²) in [7, 11) is -2.30. The van der Waals surface area contributed by atoms with E-state index in [2.05, 4.69) is 29.8 Å². The lowest BCUT2D eigenvalue weighted by Crippen LogP contribution is -2.64. The smallest absolute Gasteiger partial charge is 0.315 e. The van der Waals surface area contributed by atoms with Crippen molar-refractivity contribution in [1.82, 2.24) is 25.2 Å². The van der Waals surface area contributed by atoms with Crippen molar-refractivity contribution in [2.24, 2.45) is 34.3 Å². The maximum absolute atomic E-state index is 14.5. The van der Waals surface area contributed by atoms with Gasteiger partial charge in [-0.05, 0) is 60.0 Å². The van der Waals surface area contributed by atoms with Crippen LogP contribution in [-0.4, -0.2) is 91.0 Å². The van der Waals surface area contributed by atoms with Crippen molar-refractivity contribution >= 4 is 39.6 Å². The van der Waals surface area contributed by atoms with E-state index in [0.717, 1.165) is 38.5 Å². The first-order chi connectivity index (χ1) is 23.8. The molecule has 1 heterocycles. The molecule has 5 atom stereocenters. The van der Waals surface area contributed by atoms with Gasteiger partial charge in [-0.1, -0.05) is 91.3 Å². The highest BCUT2D eigenvalue weighted by Crippen LogP contribution is 2.65. The second kappa shape index (κ2) is 14.5. The second-order valence-corrected chi connectivity index (χ2v) is 19.1. The number of sulfonamides is 1. The summed E-state index contributed by atoms with van der Waals surface area (Å²) in [5.74, 6) is -2.76. The molecule has 1 aromatic rings. The largest absolute Gasteiger partial charge is 0.363 e. The van der Waals surface area contributed by atoms with Crippen molar-refractivity contribution in [3.05, 3.63) is 30.3 Å². The standard InChI is InChI=1S/C37H56N6O7S/c1-35(2,3)30(40-34(48)41-37(18-11-8-12-19-37)22-42(6)51(49,50)24-16-9-7-10-17-24)33(47)43-21-25-27(36(25,4)5)28(43)32(46)39-26(29(44)31(38)45)20-23-14-13-15-23/h7,9-10,16-17,23,25-28,30H,8,11-15,18-22H2,1-6H3,(H2,38,45)(H,39,46)(H2,40,41,48)/t25-,26?,27-,28-,30+/m0/s1. The molecule has 0 bridgehead atoms. The number of carbonyl (C=O) groups is 5. The topological polar surface area (TPSA) is 188 Å². The molecular weight excluding hydrogens is 673 g/mol. The van der Waals surface area contributed by atoms with Crippen LogP contribution in [0.15, 0.2) is 35.2 Å². The lowest BCUT2D eigenvalue weighted by atomic mass is 9.80. The van der Waals surface area contributed by atoms with Crippen molar-refractivity contribution in [3.63, 3.8) is 0 Å². The van der Waals surface area contributed by atoms with Gasteiger partial charge in [0.25, 0.3) is 5.91 Å². The number of likely N-dealkylation sites (tertiary alicyclic amines) is 1. The molecule has 5 amide bonds. The first-order valence-electron chi connectivity index (χ1n) is 18.3. The minimum atomic E-state index is -3.82. The summed E-state index contributed by atoms with van der Waals surface area (Å²) >= 11 is 0. The molecule has 3 aliphatic carbocycles. The zero-order valence-corrected chi connectivity index (χ0v) is 31.7. The molecule has 4 fully saturated rings.